The quantitative estimate of drug-likeness (QED) is 0.324. The lowest BCUT2D eigenvalue weighted by Crippen LogP contribution is -2.41. The van der Waals surface area contributed by atoms with Crippen molar-refractivity contribution < 1.29 is 40.6 Å². The van der Waals surface area contributed by atoms with Crippen molar-refractivity contribution in [1.29, 1.82) is 0 Å². The summed E-state index contributed by atoms with van der Waals surface area (Å²) in [6.45, 7) is -1.67. The first-order valence-corrected chi connectivity index (χ1v) is 11.7. The molecule has 0 spiro atoms. The smallest absolute Gasteiger partial charge is 0.416 e. The molecule has 1 unspecified atom stereocenters. The van der Waals surface area contributed by atoms with E-state index in [1.165, 1.54) is 23.8 Å². The highest BCUT2D eigenvalue weighted by Crippen LogP contribution is 2.34. The third-order valence-electron chi connectivity index (χ3n) is 6.24. The number of halogens is 7. The fourth-order valence-electron chi connectivity index (χ4n) is 4.30. The Bertz CT molecular complexity index is 1240. The molecule has 1 atom stereocenters. The van der Waals surface area contributed by atoms with Crippen LogP contribution in [0.5, 0.6) is 11.5 Å². The number of rotatable bonds is 7. The van der Waals surface area contributed by atoms with Crippen LogP contribution < -0.4 is 9.64 Å². The number of anilines is 1. The van der Waals surface area contributed by atoms with Crippen LogP contribution in [0, 0.1) is 5.82 Å². The number of aliphatic hydroxyl groups excluding tert-OH is 1. The van der Waals surface area contributed by atoms with Crippen LogP contribution in [-0.4, -0.2) is 23.9 Å². The van der Waals surface area contributed by atoms with Crippen LogP contribution in [-0.2, 0) is 25.6 Å². The number of fused-ring (bicyclic) bond motifs is 1. The average molecular weight is 527 g/mol. The number of benzene rings is 3. The second-order valence-electron chi connectivity index (χ2n) is 8.98. The molecule has 3 aromatic rings. The molecule has 1 aliphatic carbocycles. The van der Waals surface area contributed by atoms with Crippen molar-refractivity contribution in [1.82, 2.24) is 0 Å². The summed E-state index contributed by atoms with van der Waals surface area (Å²) in [7, 11) is 0. The van der Waals surface area contributed by atoms with E-state index in [9.17, 15) is 35.8 Å². The Labute approximate surface area is 209 Å². The lowest BCUT2D eigenvalue weighted by molar-refractivity contribution is -0.200. The van der Waals surface area contributed by atoms with Crippen molar-refractivity contribution in [2.45, 2.75) is 50.7 Å². The molecule has 0 saturated heterocycles. The maximum absolute atomic E-state index is 14.4. The van der Waals surface area contributed by atoms with E-state index < -0.39 is 48.5 Å². The minimum atomic E-state index is -4.98. The summed E-state index contributed by atoms with van der Waals surface area (Å²) in [6.07, 6.45) is -8.49. The van der Waals surface area contributed by atoms with Gasteiger partial charge in [-0.3, -0.25) is 0 Å². The molecule has 0 saturated carbocycles. The van der Waals surface area contributed by atoms with Gasteiger partial charge in [0.15, 0.2) is 6.10 Å². The van der Waals surface area contributed by atoms with Crippen LogP contribution in [0.15, 0.2) is 60.7 Å². The molecule has 3 nitrogen and oxygen atoms in total. The van der Waals surface area contributed by atoms with Crippen molar-refractivity contribution in [3.8, 4) is 11.5 Å². The first-order valence-electron chi connectivity index (χ1n) is 11.7. The summed E-state index contributed by atoms with van der Waals surface area (Å²) in [5.74, 6) is -0.214. The molecule has 1 N–H and O–H groups in total. The van der Waals surface area contributed by atoms with Gasteiger partial charge in [0.05, 0.1) is 12.1 Å². The predicted molar refractivity (Wildman–Crippen MR) is 124 cm³/mol. The Hall–Kier alpha value is -3.27. The van der Waals surface area contributed by atoms with Gasteiger partial charge in [0.1, 0.15) is 17.3 Å². The van der Waals surface area contributed by atoms with Crippen LogP contribution in [0.3, 0.4) is 0 Å². The summed E-state index contributed by atoms with van der Waals surface area (Å²) in [5.41, 5.74) is 0.906. The van der Waals surface area contributed by atoms with Crippen LogP contribution in [0.1, 0.15) is 35.1 Å². The van der Waals surface area contributed by atoms with Crippen molar-refractivity contribution >= 4 is 5.69 Å². The molecule has 0 aliphatic heterocycles. The van der Waals surface area contributed by atoms with Gasteiger partial charge in [-0.25, -0.2) is 4.39 Å². The number of ether oxygens (including phenoxy) is 1. The fraction of sp³-hybridized carbons (Fsp3) is 0.333. The Morgan fingerprint density at radius 1 is 0.838 bits per heavy atom. The van der Waals surface area contributed by atoms with Gasteiger partial charge in [-0.15, -0.1) is 0 Å². The predicted octanol–water partition coefficient (Wildman–Crippen LogP) is 7.45. The number of nitrogens with zero attached hydrogens (tertiary/aromatic N) is 1. The molecule has 0 fully saturated rings. The SMILES string of the molecule is OC(CN(Cc1cc(C(F)(F)F)ccc1F)c1cccc(Oc2ccc3c(c2)CCCC3)c1)C(F)(F)F. The summed E-state index contributed by atoms with van der Waals surface area (Å²) in [6, 6.07) is 13.3. The second-order valence-corrected chi connectivity index (χ2v) is 8.98. The van der Waals surface area contributed by atoms with E-state index in [1.54, 1.807) is 12.1 Å². The normalized spacial score (nSPS) is 14.7. The number of aryl methyl sites for hydroxylation is 2. The Kier molecular flexibility index (Phi) is 7.68. The lowest BCUT2D eigenvalue weighted by Gasteiger charge is -2.29. The van der Waals surface area contributed by atoms with Crippen molar-refractivity contribution in [3.63, 3.8) is 0 Å². The summed E-state index contributed by atoms with van der Waals surface area (Å²) < 4.78 is 99.2. The minimum absolute atomic E-state index is 0.107. The number of hydrogen-bond donors (Lipinski definition) is 1. The zero-order chi connectivity index (χ0) is 26.8. The molecule has 0 amide bonds. The van der Waals surface area contributed by atoms with Gasteiger partial charge in [0.2, 0.25) is 0 Å². The molecular weight excluding hydrogens is 503 g/mol. The second kappa shape index (κ2) is 10.6. The molecule has 3 aromatic carbocycles. The summed E-state index contributed by atoms with van der Waals surface area (Å²) in [4.78, 5) is 0.969. The molecule has 0 heterocycles. The van der Waals surface area contributed by atoms with E-state index in [-0.39, 0.29) is 11.4 Å². The third-order valence-corrected chi connectivity index (χ3v) is 6.24. The van der Waals surface area contributed by atoms with E-state index in [2.05, 4.69) is 0 Å². The monoisotopic (exact) mass is 527 g/mol. The van der Waals surface area contributed by atoms with Gasteiger partial charge >= 0.3 is 12.4 Å². The van der Waals surface area contributed by atoms with Crippen molar-refractivity contribution in [2.75, 3.05) is 11.4 Å². The van der Waals surface area contributed by atoms with Gasteiger partial charge in [-0.05, 0) is 79.3 Å². The summed E-state index contributed by atoms with van der Waals surface area (Å²) in [5, 5.41) is 9.69. The van der Waals surface area contributed by atoms with Gasteiger partial charge in [0, 0.05) is 23.9 Å². The van der Waals surface area contributed by atoms with Gasteiger partial charge in [-0.2, -0.15) is 26.3 Å². The minimum Gasteiger partial charge on any atom is -0.457 e. The lowest BCUT2D eigenvalue weighted by atomic mass is 9.92. The van der Waals surface area contributed by atoms with Crippen LogP contribution in [0.4, 0.5) is 36.4 Å². The molecular formula is C27H24F7NO2. The van der Waals surface area contributed by atoms with Crippen molar-refractivity contribution in [3.05, 3.63) is 88.7 Å². The van der Waals surface area contributed by atoms with Crippen LogP contribution in [0.25, 0.3) is 0 Å². The maximum atomic E-state index is 14.4. The Morgan fingerprint density at radius 2 is 1.54 bits per heavy atom. The highest BCUT2D eigenvalue weighted by atomic mass is 19.4. The largest absolute Gasteiger partial charge is 0.457 e. The van der Waals surface area contributed by atoms with Crippen LogP contribution >= 0.6 is 0 Å². The molecule has 1 aliphatic rings. The number of alkyl halides is 6. The Balaban J connectivity index is 1.63. The molecule has 37 heavy (non-hydrogen) atoms. The highest BCUT2D eigenvalue weighted by molar-refractivity contribution is 5.53. The van der Waals surface area contributed by atoms with Gasteiger partial charge in [-0.1, -0.05) is 12.1 Å². The Morgan fingerprint density at radius 3 is 2.24 bits per heavy atom. The van der Waals surface area contributed by atoms with E-state index in [0.717, 1.165) is 36.1 Å². The fourth-order valence-corrected chi connectivity index (χ4v) is 4.30. The zero-order valence-corrected chi connectivity index (χ0v) is 19.5. The molecule has 10 heteroatoms. The zero-order valence-electron chi connectivity index (χ0n) is 19.5. The van der Waals surface area contributed by atoms with Crippen LogP contribution in [0.2, 0.25) is 0 Å². The van der Waals surface area contributed by atoms with E-state index >= 15 is 0 Å². The number of hydrogen-bond acceptors (Lipinski definition) is 3. The third kappa shape index (κ3) is 6.74. The number of aliphatic hydroxyl groups is 1. The first kappa shape index (κ1) is 26.8. The van der Waals surface area contributed by atoms with Crippen molar-refractivity contribution in [2.24, 2.45) is 0 Å². The molecule has 0 aromatic heterocycles. The maximum Gasteiger partial charge on any atom is 0.416 e. The average Bonchev–Trinajstić information content (AvgIpc) is 2.83. The van der Waals surface area contributed by atoms with E-state index in [1.807, 2.05) is 12.1 Å². The molecule has 4 rings (SSSR count). The molecule has 0 radical (unpaired) electrons. The van der Waals surface area contributed by atoms with Gasteiger partial charge < -0.3 is 14.7 Å². The first-order chi connectivity index (χ1) is 17.4. The van der Waals surface area contributed by atoms with E-state index in [0.29, 0.717) is 23.9 Å². The van der Waals surface area contributed by atoms with E-state index in [4.69, 9.17) is 4.74 Å². The standard InChI is InChI=1S/C27H24F7NO2/c28-24-11-9-20(26(29,30)31)12-19(24)15-35(16-25(36)27(32,33)34)21-6-3-7-22(14-21)37-23-10-8-17-4-1-2-5-18(17)13-23/h3,6-14,25,36H,1-2,4-5,15-16H2. The molecule has 0 bridgehead atoms. The highest BCUT2D eigenvalue weighted by Gasteiger charge is 2.39. The van der Waals surface area contributed by atoms with Gasteiger partial charge in [0.25, 0.3) is 0 Å². The summed E-state index contributed by atoms with van der Waals surface area (Å²) >= 11 is 0. The molecule has 198 valence electrons. The topological polar surface area (TPSA) is 32.7 Å².